The van der Waals surface area contributed by atoms with E-state index in [1.54, 1.807) is 6.07 Å². The van der Waals surface area contributed by atoms with E-state index in [-0.39, 0.29) is 16.5 Å². The van der Waals surface area contributed by atoms with Gasteiger partial charge in [-0.2, -0.15) is 0 Å². The van der Waals surface area contributed by atoms with Gasteiger partial charge in [-0.25, -0.2) is 4.79 Å². The monoisotopic (exact) mass is 476 g/mol. The van der Waals surface area contributed by atoms with Gasteiger partial charge in [-0.15, -0.1) is 0 Å². The Bertz CT molecular complexity index is 1090. The first-order valence-corrected chi connectivity index (χ1v) is 13.5. The molecule has 8 heteroatoms. The molecule has 0 bridgehead atoms. The summed E-state index contributed by atoms with van der Waals surface area (Å²) in [5.74, 6) is 0. The molecule has 2 nitrogen and oxygen atoms in total. The Hall–Kier alpha value is -2.42. The summed E-state index contributed by atoms with van der Waals surface area (Å²) < 4.78 is 44.9. The van der Waals surface area contributed by atoms with E-state index in [4.69, 9.17) is 4.42 Å². The van der Waals surface area contributed by atoms with E-state index in [0.29, 0.717) is 5.58 Å². The van der Waals surface area contributed by atoms with Crippen molar-refractivity contribution in [2.75, 3.05) is 0 Å². The van der Waals surface area contributed by atoms with Crippen LogP contribution >= 0.6 is 0 Å². The average Bonchev–Trinajstić information content (AvgIpc) is 2.68. The van der Waals surface area contributed by atoms with Gasteiger partial charge in [0, 0.05) is 17.5 Å². The third-order valence-corrected chi connectivity index (χ3v) is 6.00. The molecular formula is C21H15F4GaO2S. The van der Waals surface area contributed by atoms with Gasteiger partial charge in [0.25, 0.3) is 0 Å². The van der Waals surface area contributed by atoms with Crippen LogP contribution < -0.4 is 5.63 Å². The fraction of sp³-hybridized carbons (Fsp3) is 0. The molecular weight excluding hydrogens is 462 g/mol. The molecule has 4 aromatic rings. The van der Waals surface area contributed by atoms with E-state index in [1.165, 1.54) is 15.9 Å². The maximum absolute atomic E-state index is 11.5. The van der Waals surface area contributed by atoms with E-state index in [2.05, 4.69) is 54.6 Å². The van der Waals surface area contributed by atoms with Crippen LogP contribution in [-0.4, -0.2) is 17.0 Å². The van der Waals surface area contributed by atoms with Crippen LogP contribution in [0.1, 0.15) is 0 Å². The summed E-state index contributed by atoms with van der Waals surface area (Å²) in [7, 11) is -0.239. The van der Waals surface area contributed by atoms with Crippen LogP contribution in [0, 0.1) is 0 Å². The topological polar surface area (TPSA) is 30.2 Å². The second-order valence-corrected chi connectivity index (χ2v) is 9.98. The normalized spacial score (nSPS) is 11.2. The van der Waals surface area contributed by atoms with Crippen LogP contribution in [0.4, 0.5) is 13.1 Å². The molecule has 1 heterocycles. The SMILES string of the molecule is O=c1ccc2ccc([S+](c3ccccc3)c3ccccc3)cc2o1.[F][Ga-]([F])([F])[F]. The van der Waals surface area contributed by atoms with Crippen LogP contribution in [0.3, 0.4) is 0 Å². The van der Waals surface area contributed by atoms with Gasteiger partial charge in [0.2, 0.25) is 0 Å². The predicted octanol–water partition coefficient (Wildman–Crippen LogP) is 6.19. The van der Waals surface area contributed by atoms with E-state index >= 15 is 0 Å². The van der Waals surface area contributed by atoms with Crippen LogP contribution in [-0.2, 0) is 10.9 Å². The van der Waals surface area contributed by atoms with Gasteiger partial charge in [0.15, 0.2) is 14.7 Å². The third-order valence-electron chi connectivity index (χ3n) is 3.79. The van der Waals surface area contributed by atoms with Crippen molar-refractivity contribution in [3.8, 4) is 0 Å². The Balaban J connectivity index is 0.000000431. The molecule has 0 saturated heterocycles. The first-order valence-electron chi connectivity index (χ1n) is 8.57. The second-order valence-electron chi connectivity index (χ2n) is 5.88. The summed E-state index contributed by atoms with van der Waals surface area (Å²) >= 11 is -7.12. The summed E-state index contributed by atoms with van der Waals surface area (Å²) in [6.07, 6.45) is 0. The minimum absolute atomic E-state index is 0.239. The molecule has 0 aliphatic heterocycles. The van der Waals surface area contributed by atoms with Gasteiger partial charge in [-0.05, 0) is 42.5 Å². The third kappa shape index (κ3) is 6.28. The first-order chi connectivity index (χ1) is 13.8. The zero-order valence-electron chi connectivity index (χ0n) is 15.0. The number of benzene rings is 3. The second kappa shape index (κ2) is 9.38. The molecule has 3 aromatic carbocycles. The Morgan fingerprint density at radius 1 is 0.655 bits per heavy atom. The fourth-order valence-corrected chi connectivity index (χ4v) is 4.79. The Morgan fingerprint density at radius 3 is 1.66 bits per heavy atom. The van der Waals surface area contributed by atoms with Gasteiger partial charge in [-0.1, -0.05) is 36.4 Å². The van der Waals surface area contributed by atoms with Gasteiger partial charge in [0.1, 0.15) is 5.58 Å². The predicted molar refractivity (Wildman–Crippen MR) is 108 cm³/mol. The Kier molecular flexibility index (Phi) is 6.89. The van der Waals surface area contributed by atoms with E-state index in [1.807, 2.05) is 24.3 Å². The van der Waals surface area contributed by atoms with Crippen molar-refractivity contribution < 1.29 is 17.6 Å². The molecule has 0 fully saturated rings. The molecule has 0 radical (unpaired) electrons. The van der Waals surface area contributed by atoms with Crippen LogP contribution in [0.2, 0.25) is 0 Å². The molecule has 0 spiro atoms. The first kappa shape index (κ1) is 21.3. The molecule has 0 aliphatic carbocycles. The maximum atomic E-state index is 11.5. The summed E-state index contributed by atoms with van der Waals surface area (Å²) in [6.45, 7) is 0. The van der Waals surface area contributed by atoms with Crippen molar-refractivity contribution in [1.29, 1.82) is 0 Å². The van der Waals surface area contributed by atoms with Crippen LogP contribution in [0.25, 0.3) is 11.0 Å². The molecule has 148 valence electrons. The van der Waals surface area contributed by atoms with Crippen LogP contribution in [0.15, 0.2) is 115 Å². The quantitative estimate of drug-likeness (QED) is 0.153. The zero-order chi connectivity index (χ0) is 20.9. The van der Waals surface area contributed by atoms with Crippen molar-refractivity contribution in [3.05, 3.63) is 101 Å². The van der Waals surface area contributed by atoms with E-state index < -0.39 is 17.0 Å². The average molecular weight is 477 g/mol. The van der Waals surface area contributed by atoms with Crippen molar-refractivity contribution in [2.24, 2.45) is 0 Å². The minimum atomic E-state index is -7.12. The molecule has 0 saturated carbocycles. The van der Waals surface area contributed by atoms with Gasteiger partial charge >= 0.3 is 35.8 Å². The van der Waals surface area contributed by atoms with Crippen molar-refractivity contribution in [1.82, 2.24) is 0 Å². The van der Waals surface area contributed by atoms with Gasteiger partial charge in [-0.3, -0.25) is 0 Å². The van der Waals surface area contributed by atoms with E-state index in [9.17, 15) is 17.9 Å². The Morgan fingerprint density at radius 2 is 1.14 bits per heavy atom. The summed E-state index contributed by atoms with van der Waals surface area (Å²) in [5.41, 5.74) is 0.309. The summed E-state index contributed by atoms with van der Waals surface area (Å²) in [6, 6.07) is 30.2. The van der Waals surface area contributed by atoms with Crippen molar-refractivity contribution in [3.63, 3.8) is 0 Å². The molecule has 0 atom stereocenters. The number of hydrogen-bond acceptors (Lipinski definition) is 2. The Labute approximate surface area is 172 Å². The molecule has 0 amide bonds. The number of rotatable bonds is 3. The molecule has 4 rings (SSSR count). The summed E-state index contributed by atoms with van der Waals surface area (Å²) in [4.78, 5) is 15.1. The standard InChI is InChI=1S/C21H15O2S.4FH.Ga/c22-21-14-12-16-11-13-19(15-20(16)23-21)24(17-7-3-1-4-8-17)18-9-5-2-6-10-18;;;;;/h1-15H;4*1H;/q+1;;;;;+3/p-4. The van der Waals surface area contributed by atoms with Gasteiger partial charge < -0.3 is 4.42 Å². The fourth-order valence-electron chi connectivity index (χ4n) is 2.69. The zero-order valence-corrected chi connectivity index (χ0v) is 18.2. The number of fused-ring (bicyclic) bond motifs is 1. The molecule has 0 N–H and O–H groups in total. The van der Waals surface area contributed by atoms with Crippen molar-refractivity contribution >= 4 is 38.9 Å². The van der Waals surface area contributed by atoms with Crippen LogP contribution in [0.5, 0.6) is 0 Å². The molecule has 29 heavy (non-hydrogen) atoms. The van der Waals surface area contributed by atoms with Crippen molar-refractivity contribution in [2.45, 2.75) is 14.7 Å². The number of halogens is 4. The summed E-state index contributed by atoms with van der Waals surface area (Å²) in [5, 5.41) is 0.933. The van der Waals surface area contributed by atoms with E-state index in [0.717, 1.165) is 10.3 Å². The van der Waals surface area contributed by atoms with Gasteiger partial charge in [0.05, 0.1) is 10.9 Å². The number of hydrogen-bond donors (Lipinski definition) is 0. The molecule has 1 aromatic heterocycles. The molecule has 0 aliphatic rings. The molecule has 0 unspecified atom stereocenters.